The number of hydrogen-bond donors (Lipinski definition) is 1. The van der Waals surface area contributed by atoms with E-state index in [4.69, 9.17) is 4.52 Å². The van der Waals surface area contributed by atoms with Crippen LogP contribution in [0.15, 0.2) is 41.2 Å². The first kappa shape index (κ1) is 14.3. The average molecular weight is 285 g/mol. The molecule has 1 fully saturated rings. The molecular formula is C17H23N3O. The molecule has 0 spiro atoms. The standard InChI is InChI=1S/C17H23N3O/c1-3-7-14(8-4-1)17(15-9-5-2-6-10-15)18-12-11-16-19-13-21-20-16/h1,3-4,7-8,13,15,17-18H,2,5-6,9-12H2. The topological polar surface area (TPSA) is 51.0 Å². The molecule has 4 nitrogen and oxygen atoms in total. The minimum absolute atomic E-state index is 0.443. The Hall–Kier alpha value is -1.68. The van der Waals surface area contributed by atoms with Crippen LogP contribution < -0.4 is 5.32 Å². The summed E-state index contributed by atoms with van der Waals surface area (Å²) in [4.78, 5) is 4.08. The van der Waals surface area contributed by atoms with Crippen LogP contribution >= 0.6 is 0 Å². The molecule has 0 amide bonds. The molecule has 0 saturated heterocycles. The summed E-state index contributed by atoms with van der Waals surface area (Å²) >= 11 is 0. The Morgan fingerprint density at radius 2 is 1.95 bits per heavy atom. The van der Waals surface area contributed by atoms with Crippen molar-refractivity contribution in [2.24, 2.45) is 5.92 Å². The van der Waals surface area contributed by atoms with Crippen molar-refractivity contribution < 1.29 is 4.52 Å². The van der Waals surface area contributed by atoms with Gasteiger partial charge < -0.3 is 9.84 Å². The van der Waals surface area contributed by atoms with E-state index in [-0.39, 0.29) is 0 Å². The van der Waals surface area contributed by atoms with E-state index in [0.29, 0.717) is 6.04 Å². The van der Waals surface area contributed by atoms with Gasteiger partial charge >= 0.3 is 0 Å². The van der Waals surface area contributed by atoms with E-state index >= 15 is 0 Å². The van der Waals surface area contributed by atoms with Crippen LogP contribution in [0.3, 0.4) is 0 Å². The largest absolute Gasteiger partial charge is 0.343 e. The first-order valence-electron chi connectivity index (χ1n) is 7.97. The van der Waals surface area contributed by atoms with E-state index in [1.807, 2.05) is 0 Å². The highest BCUT2D eigenvalue weighted by molar-refractivity contribution is 5.20. The summed E-state index contributed by atoms with van der Waals surface area (Å²) in [6, 6.07) is 11.3. The Morgan fingerprint density at radius 1 is 1.14 bits per heavy atom. The molecule has 1 heterocycles. The second kappa shape index (κ2) is 7.36. The molecule has 1 N–H and O–H groups in total. The SMILES string of the molecule is c1ccc(C(NCCc2ncon2)C2CCCCC2)cc1. The minimum Gasteiger partial charge on any atom is -0.343 e. The fraction of sp³-hybridized carbons (Fsp3) is 0.529. The number of aromatic nitrogens is 2. The predicted octanol–water partition coefficient (Wildman–Crippen LogP) is 3.52. The van der Waals surface area contributed by atoms with Crippen molar-refractivity contribution in [3.05, 3.63) is 48.1 Å². The third-order valence-corrected chi connectivity index (χ3v) is 4.40. The van der Waals surface area contributed by atoms with Gasteiger partial charge in [0.05, 0.1) is 0 Å². The lowest BCUT2D eigenvalue weighted by Crippen LogP contribution is -2.31. The molecule has 3 rings (SSSR count). The first-order chi connectivity index (χ1) is 10.4. The Labute approximate surface area is 126 Å². The highest BCUT2D eigenvalue weighted by Gasteiger charge is 2.24. The number of nitrogens with one attached hydrogen (secondary N) is 1. The maximum Gasteiger partial charge on any atom is 0.213 e. The van der Waals surface area contributed by atoms with Gasteiger partial charge in [-0.25, -0.2) is 0 Å². The summed E-state index contributed by atoms with van der Waals surface area (Å²) in [6.07, 6.45) is 8.98. The molecule has 1 unspecified atom stereocenters. The Morgan fingerprint density at radius 3 is 2.67 bits per heavy atom. The summed E-state index contributed by atoms with van der Waals surface area (Å²) in [5, 5.41) is 7.59. The van der Waals surface area contributed by atoms with Crippen molar-refractivity contribution in [3.8, 4) is 0 Å². The van der Waals surface area contributed by atoms with Crippen molar-refractivity contribution in [1.29, 1.82) is 0 Å². The number of rotatable bonds is 6. The first-order valence-corrected chi connectivity index (χ1v) is 7.97. The molecule has 1 saturated carbocycles. The van der Waals surface area contributed by atoms with Crippen LogP contribution in [-0.4, -0.2) is 16.7 Å². The van der Waals surface area contributed by atoms with Gasteiger partial charge in [0, 0.05) is 19.0 Å². The summed E-state index contributed by atoms with van der Waals surface area (Å²) < 4.78 is 4.78. The van der Waals surface area contributed by atoms with E-state index in [1.165, 1.54) is 44.1 Å². The van der Waals surface area contributed by atoms with E-state index in [9.17, 15) is 0 Å². The van der Waals surface area contributed by atoms with Gasteiger partial charge in [-0.3, -0.25) is 0 Å². The number of benzene rings is 1. The van der Waals surface area contributed by atoms with Crippen LogP contribution in [0, 0.1) is 5.92 Å². The third kappa shape index (κ3) is 3.91. The molecule has 0 radical (unpaired) electrons. The maximum atomic E-state index is 4.78. The Kier molecular flexibility index (Phi) is 5.00. The molecule has 1 aromatic heterocycles. The minimum atomic E-state index is 0.443. The predicted molar refractivity (Wildman–Crippen MR) is 81.8 cm³/mol. The second-order valence-corrected chi connectivity index (χ2v) is 5.84. The van der Waals surface area contributed by atoms with Gasteiger partial charge in [0.1, 0.15) is 0 Å². The zero-order valence-corrected chi connectivity index (χ0v) is 12.4. The van der Waals surface area contributed by atoms with Crippen LogP contribution in [0.1, 0.15) is 49.5 Å². The lowest BCUT2D eigenvalue weighted by atomic mass is 9.81. The van der Waals surface area contributed by atoms with Crippen molar-refractivity contribution in [1.82, 2.24) is 15.5 Å². The maximum absolute atomic E-state index is 4.78. The summed E-state index contributed by atoms with van der Waals surface area (Å²) in [7, 11) is 0. The summed E-state index contributed by atoms with van der Waals surface area (Å²) in [5.74, 6) is 1.52. The van der Waals surface area contributed by atoms with Gasteiger partial charge in [-0.1, -0.05) is 54.8 Å². The van der Waals surface area contributed by atoms with Crippen molar-refractivity contribution in [2.45, 2.75) is 44.6 Å². The molecule has 4 heteroatoms. The molecule has 112 valence electrons. The summed E-state index contributed by atoms with van der Waals surface area (Å²) in [6.45, 7) is 0.885. The van der Waals surface area contributed by atoms with Crippen LogP contribution in [0.2, 0.25) is 0 Å². The van der Waals surface area contributed by atoms with Crippen LogP contribution in [0.4, 0.5) is 0 Å². The molecule has 2 aromatic rings. The fourth-order valence-corrected chi connectivity index (χ4v) is 3.33. The number of nitrogens with zero attached hydrogens (tertiary/aromatic N) is 2. The smallest absolute Gasteiger partial charge is 0.213 e. The quantitative estimate of drug-likeness (QED) is 0.882. The molecular weight excluding hydrogens is 262 g/mol. The van der Waals surface area contributed by atoms with Crippen LogP contribution in [0.5, 0.6) is 0 Å². The van der Waals surface area contributed by atoms with E-state index in [1.54, 1.807) is 0 Å². The molecule has 21 heavy (non-hydrogen) atoms. The lowest BCUT2D eigenvalue weighted by molar-refractivity contribution is 0.272. The normalized spacial score (nSPS) is 17.7. The fourth-order valence-electron chi connectivity index (χ4n) is 3.33. The van der Waals surface area contributed by atoms with Crippen LogP contribution in [0.25, 0.3) is 0 Å². The zero-order chi connectivity index (χ0) is 14.3. The van der Waals surface area contributed by atoms with E-state index in [2.05, 4.69) is 45.8 Å². The Bertz CT molecular complexity index is 506. The van der Waals surface area contributed by atoms with Crippen LogP contribution in [-0.2, 0) is 6.42 Å². The molecule has 1 aromatic carbocycles. The van der Waals surface area contributed by atoms with Crippen molar-refractivity contribution >= 4 is 0 Å². The van der Waals surface area contributed by atoms with Gasteiger partial charge in [0.15, 0.2) is 5.82 Å². The van der Waals surface area contributed by atoms with E-state index in [0.717, 1.165) is 24.7 Å². The summed E-state index contributed by atoms with van der Waals surface area (Å²) in [5.41, 5.74) is 1.40. The van der Waals surface area contributed by atoms with Crippen molar-refractivity contribution in [2.75, 3.05) is 6.54 Å². The van der Waals surface area contributed by atoms with Gasteiger partial charge in [0.2, 0.25) is 6.39 Å². The molecule has 0 bridgehead atoms. The number of hydrogen-bond acceptors (Lipinski definition) is 4. The molecule has 0 aliphatic heterocycles. The van der Waals surface area contributed by atoms with E-state index < -0.39 is 0 Å². The molecule has 1 aliphatic carbocycles. The van der Waals surface area contributed by atoms with Gasteiger partial charge in [-0.05, 0) is 24.3 Å². The second-order valence-electron chi connectivity index (χ2n) is 5.84. The highest BCUT2D eigenvalue weighted by Crippen LogP contribution is 2.34. The zero-order valence-electron chi connectivity index (χ0n) is 12.4. The van der Waals surface area contributed by atoms with Gasteiger partial charge in [0.25, 0.3) is 0 Å². The lowest BCUT2D eigenvalue weighted by Gasteiger charge is -2.31. The Balaban J connectivity index is 1.63. The van der Waals surface area contributed by atoms with Gasteiger partial charge in [-0.15, -0.1) is 0 Å². The third-order valence-electron chi connectivity index (χ3n) is 4.40. The average Bonchev–Trinajstić information content (AvgIpc) is 3.07. The molecule has 1 aliphatic rings. The van der Waals surface area contributed by atoms with Crippen molar-refractivity contribution in [3.63, 3.8) is 0 Å². The monoisotopic (exact) mass is 285 g/mol. The van der Waals surface area contributed by atoms with Gasteiger partial charge in [-0.2, -0.15) is 4.98 Å². The highest BCUT2D eigenvalue weighted by atomic mass is 16.5. The molecule has 1 atom stereocenters.